The van der Waals surface area contributed by atoms with E-state index in [1.807, 2.05) is 12.1 Å². The molecule has 1 heterocycles. The lowest BCUT2D eigenvalue weighted by Gasteiger charge is -2.46. The van der Waals surface area contributed by atoms with E-state index in [0.717, 1.165) is 30.5 Å². The normalized spacial score (nSPS) is 19.3. The summed E-state index contributed by atoms with van der Waals surface area (Å²) in [6, 6.07) is 10.2. The first-order valence-electron chi connectivity index (χ1n) is 9.55. The van der Waals surface area contributed by atoms with Gasteiger partial charge in [0.2, 0.25) is 0 Å². The second-order valence-corrected chi connectivity index (χ2v) is 8.11. The second kappa shape index (κ2) is 7.92. The predicted octanol–water partition coefficient (Wildman–Crippen LogP) is 5.08. The Balaban J connectivity index is 2.25. The number of nitrogens with zero attached hydrogens (tertiary/aromatic N) is 1. The summed E-state index contributed by atoms with van der Waals surface area (Å²) in [5, 5.41) is 0. The Labute approximate surface area is 166 Å². The molecule has 0 radical (unpaired) electrons. The molecule has 0 amide bonds. The van der Waals surface area contributed by atoms with Crippen molar-refractivity contribution in [1.29, 1.82) is 0 Å². The molecule has 1 fully saturated rings. The van der Waals surface area contributed by atoms with Crippen LogP contribution < -0.4 is 4.74 Å². The van der Waals surface area contributed by atoms with Gasteiger partial charge in [0.15, 0.2) is 0 Å². The van der Waals surface area contributed by atoms with E-state index < -0.39 is 5.97 Å². The number of hydrogen-bond acceptors (Lipinski definition) is 4. The average Bonchev–Trinajstić information content (AvgIpc) is 2.67. The van der Waals surface area contributed by atoms with E-state index in [1.54, 1.807) is 25.3 Å². The fraction of sp³-hybridized carbons (Fsp3) is 0.435. The first-order valence-corrected chi connectivity index (χ1v) is 9.55. The molecule has 0 aliphatic carbocycles. The van der Waals surface area contributed by atoms with Gasteiger partial charge in [-0.2, -0.15) is 0 Å². The number of esters is 1. The molecule has 1 atom stereocenters. The van der Waals surface area contributed by atoms with Gasteiger partial charge in [0.05, 0.1) is 19.8 Å². The number of carbonyl (C=O) groups is 1. The Morgan fingerprint density at radius 3 is 2.54 bits per heavy atom. The molecule has 2 aromatic rings. The minimum atomic E-state index is -0.393. The van der Waals surface area contributed by atoms with Gasteiger partial charge in [-0.25, -0.2) is 9.18 Å². The van der Waals surface area contributed by atoms with Crippen LogP contribution in [-0.2, 0) is 4.74 Å². The van der Waals surface area contributed by atoms with Gasteiger partial charge in [0.1, 0.15) is 11.6 Å². The van der Waals surface area contributed by atoms with Crippen LogP contribution in [0.1, 0.15) is 48.7 Å². The van der Waals surface area contributed by atoms with Crippen LogP contribution in [0.25, 0.3) is 11.1 Å². The number of methoxy groups -OCH3 is 2. The van der Waals surface area contributed by atoms with Crippen LogP contribution in [0, 0.1) is 11.2 Å². The molecule has 5 heteroatoms. The Kier molecular flexibility index (Phi) is 5.75. The quantitative estimate of drug-likeness (QED) is 0.688. The SMILES string of the molecule is COC(=O)c1ccc(-c2cc(OC)ccc2F)c(C2N(C)CCCC2(C)C)c1. The van der Waals surface area contributed by atoms with Crippen molar-refractivity contribution >= 4 is 5.97 Å². The van der Waals surface area contributed by atoms with Crippen molar-refractivity contribution in [2.24, 2.45) is 5.41 Å². The smallest absolute Gasteiger partial charge is 0.337 e. The molecule has 1 aliphatic rings. The summed E-state index contributed by atoms with van der Waals surface area (Å²) in [7, 11) is 5.02. The standard InChI is InChI=1S/C23H28FNO3/c1-23(2)11-6-12-25(3)21(23)19-13-15(22(26)28-5)7-9-17(19)18-14-16(27-4)8-10-20(18)24/h7-10,13-14,21H,6,11-12H2,1-5H3. The molecule has 28 heavy (non-hydrogen) atoms. The van der Waals surface area contributed by atoms with Crippen LogP contribution in [0.3, 0.4) is 0 Å². The molecule has 0 spiro atoms. The van der Waals surface area contributed by atoms with E-state index in [-0.39, 0.29) is 17.3 Å². The van der Waals surface area contributed by atoms with E-state index in [0.29, 0.717) is 16.9 Å². The average molecular weight is 385 g/mol. The fourth-order valence-corrected chi connectivity index (χ4v) is 4.42. The highest BCUT2D eigenvalue weighted by Crippen LogP contribution is 2.48. The van der Waals surface area contributed by atoms with Crippen molar-refractivity contribution in [3.05, 3.63) is 53.3 Å². The molecule has 150 valence electrons. The zero-order chi connectivity index (χ0) is 20.5. The van der Waals surface area contributed by atoms with Crippen LogP contribution in [0.2, 0.25) is 0 Å². The molecule has 0 saturated carbocycles. The van der Waals surface area contributed by atoms with Crippen LogP contribution in [0.5, 0.6) is 5.75 Å². The number of ether oxygens (including phenoxy) is 2. The third-order valence-corrected chi connectivity index (χ3v) is 5.74. The maximum atomic E-state index is 14.8. The van der Waals surface area contributed by atoms with Gasteiger partial charge in [0, 0.05) is 11.6 Å². The Bertz CT molecular complexity index is 878. The molecule has 3 rings (SSSR count). The molecule has 0 N–H and O–H groups in total. The number of benzene rings is 2. The van der Waals surface area contributed by atoms with E-state index in [1.165, 1.54) is 13.2 Å². The van der Waals surface area contributed by atoms with E-state index >= 15 is 0 Å². The lowest BCUT2D eigenvalue weighted by Crippen LogP contribution is -2.41. The minimum Gasteiger partial charge on any atom is -0.497 e. The molecule has 0 aromatic heterocycles. The maximum absolute atomic E-state index is 14.8. The molecule has 0 bridgehead atoms. The molecular formula is C23H28FNO3. The van der Waals surface area contributed by atoms with Gasteiger partial charge in [-0.05, 0) is 73.3 Å². The third kappa shape index (κ3) is 3.76. The molecule has 4 nitrogen and oxygen atoms in total. The van der Waals surface area contributed by atoms with Gasteiger partial charge in [-0.3, -0.25) is 4.90 Å². The van der Waals surface area contributed by atoms with Gasteiger partial charge in [0.25, 0.3) is 0 Å². The third-order valence-electron chi connectivity index (χ3n) is 5.74. The van der Waals surface area contributed by atoms with Gasteiger partial charge in [-0.15, -0.1) is 0 Å². The zero-order valence-corrected chi connectivity index (χ0v) is 17.2. The number of carbonyl (C=O) groups excluding carboxylic acids is 1. The van der Waals surface area contributed by atoms with Gasteiger partial charge >= 0.3 is 5.97 Å². The van der Waals surface area contributed by atoms with Crippen molar-refractivity contribution in [2.75, 3.05) is 27.8 Å². The lowest BCUT2D eigenvalue weighted by molar-refractivity contribution is 0.0565. The highest BCUT2D eigenvalue weighted by atomic mass is 19.1. The van der Waals surface area contributed by atoms with Crippen LogP contribution in [-0.4, -0.2) is 38.7 Å². The highest BCUT2D eigenvalue weighted by Gasteiger charge is 2.38. The topological polar surface area (TPSA) is 38.8 Å². The zero-order valence-electron chi connectivity index (χ0n) is 17.2. The first kappa shape index (κ1) is 20.3. The number of hydrogen-bond donors (Lipinski definition) is 0. The van der Waals surface area contributed by atoms with Gasteiger partial charge in [-0.1, -0.05) is 19.9 Å². The maximum Gasteiger partial charge on any atom is 0.337 e. The van der Waals surface area contributed by atoms with E-state index in [2.05, 4.69) is 25.8 Å². The van der Waals surface area contributed by atoms with Gasteiger partial charge < -0.3 is 9.47 Å². The number of halogens is 1. The lowest BCUT2D eigenvalue weighted by atomic mass is 9.72. The summed E-state index contributed by atoms with van der Waals surface area (Å²) in [5.74, 6) is -0.116. The Hall–Kier alpha value is -2.40. The van der Waals surface area contributed by atoms with Crippen molar-refractivity contribution in [3.8, 4) is 16.9 Å². The number of rotatable bonds is 4. The minimum absolute atomic E-state index is 0.0220. The number of likely N-dealkylation sites (tertiary alicyclic amines) is 1. The summed E-state index contributed by atoms with van der Waals surface area (Å²) in [6.45, 7) is 5.41. The fourth-order valence-electron chi connectivity index (χ4n) is 4.42. The molecule has 1 unspecified atom stereocenters. The summed E-state index contributed by atoms with van der Waals surface area (Å²) in [5.41, 5.74) is 2.63. The second-order valence-electron chi connectivity index (χ2n) is 8.11. The Morgan fingerprint density at radius 1 is 1.14 bits per heavy atom. The van der Waals surface area contributed by atoms with Crippen molar-refractivity contribution in [1.82, 2.24) is 4.90 Å². The monoisotopic (exact) mass is 385 g/mol. The molecule has 1 aliphatic heterocycles. The molecule has 2 aromatic carbocycles. The van der Waals surface area contributed by atoms with Crippen molar-refractivity contribution in [3.63, 3.8) is 0 Å². The van der Waals surface area contributed by atoms with Crippen LogP contribution in [0.4, 0.5) is 4.39 Å². The summed E-state index contributed by atoms with van der Waals surface area (Å²) in [4.78, 5) is 14.5. The van der Waals surface area contributed by atoms with Crippen LogP contribution >= 0.6 is 0 Å². The molecular weight excluding hydrogens is 357 g/mol. The Morgan fingerprint density at radius 2 is 1.89 bits per heavy atom. The largest absolute Gasteiger partial charge is 0.497 e. The highest BCUT2D eigenvalue weighted by molar-refractivity contribution is 5.90. The van der Waals surface area contributed by atoms with E-state index in [9.17, 15) is 9.18 Å². The molecule has 1 saturated heterocycles. The van der Waals surface area contributed by atoms with E-state index in [4.69, 9.17) is 9.47 Å². The first-order chi connectivity index (χ1) is 13.3. The summed E-state index contributed by atoms with van der Waals surface area (Å²) in [6.07, 6.45) is 2.17. The summed E-state index contributed by atoms with van der Waals surface area (Å²) >= 11 is 0. The van der Waals surface area contributed by atoms with Crippen molar-refractivity contribution < 1.29 is 18.7 Å². The predicted molar refractivity (Wildman–Crippen MR) is 108 cm³/mol. The summed E-state index contributed by atoms with van der Waals surface area (Å²) < 4.78 is 25.0. The number of piperidine rings is 1. The van der Waals surface area contributed by atoms with Crippen molar-refractivity contribution in [2.45, 2.75) is 32.7 Å². The van der Waals surface area contributed by atoms with Crippen LogP contribution in [0.15, 0.2) is 36.4 Å².